The van der Waals surface area contributed by atoms with Crippen LogP contribution in [0, 0.1) is 30.3 Å². The van der Waals surface area contributed by atoms with Gasteiger partial charge in [0.1, 0.15) is 6.10 Å². The van der Waals surface area contributed by atoms with Crippen LogP contribution in [-0.2, 0) is 6.42 Å². The van der Waals surface area contributed by atoms with Gasteiger partial charge in [-0.15, -0.1) is 0 Å². The molecule has 1 atom stereocenters. The van der Waals surface area contributed by atoms with Gasteiger partial charge in [-0.05, 0) is 16.3 Å². The molecule has 0 N–H and O–H groups in total. The third kappa shape index (κ3) is 2.67. The van der Waals surface area contributed by atoms with Crippen LogP contribution >= 0.6 is 0 Å². The number of nitrogens with zero attached hydrogens (tertiary/aromatic N) is 3. The Kier molecular flexibility index (Phi) is 3.88. The van der Waals surface area contributed by atoms with E-state index in [0.717, 1.165) is 21.9 Å². The lowest BCUT2D eigenvalue weighted by atomic mass is 10.1. The molecular formula is C18H11N3O7. The molecule has 3 aromatic rings. The third-order valence-electron chi connectivity index (χ3n) is 4.67. The number of hydrogen-bond acceptors (Lipinski definition) is 7. The standard InChI is InChI=1S/C18H11N3O7/c22-19(23)12-8-14(20(24)25)18(15(9-12)21(26)27)28-16-7-11-5-1-3-10-4-2-6-13(16)17(10)11/h1-6,8-9,16H,7H2. The van der Waals surface area contributed by atoms with Crippen LogP contribution in [-0.4, -0.2) is 14.8 Å². The van der Waals surface area contributed by atoms with Crippen molar-refractivity contribution in [1.82, 2.24) is 0 Å². The molecule has 0 radical (unpaired) electrons. The Morgan fingerprint density at radius 2 is 1.46 bits per heavy atom. The number of non-ortho nitro benzene ring substituents is 1. The van der Waals surface area contributed by atoms with Crippen molar-refractivity contribution < 1.29 is 19.5 Å². The fourth-order valence-electron chi connectivity index (χ4n) is 3.53. The molecule has 28 heavy (non-hydrogen) atoms. The van der Waals surface area contributed by atoms with Crippen molar-refractivity contribution in [2.24, 2.45) is 0 Å². The van der Waals surface area contributed by atoms with Gasteiger partial charge in [0.25, 0.3) is 11.4 Å². The molecule has 3 aromatic carbocycles. The summed E-state index contributed by atoms with van der Waals surface area (Å²) in [6.45, 7) is 0. The van der Waals surface area contributed by atoms with Gasteiger partial charge in [-0.1, -0.05) is 36.4 Å². The number of nitro groups is 3. The highest BCUT2D eigenvalue weighted by molar-refractivity contribution is 5.91. The summed E-state index contributed by atoms with van der Waals surface area (Å²) in [4.78, 5) is 31.1. The van der Waals surface area contributed by atoms with Gasteiger partial charge >= 0.3 is 11.4 Å². The van der Waals surface area contributed by atoms with Gasteiger partial charge in [-0.2, -0.15) is 0 Å². The zero-order valence-corrected chi connectivity index (χ0v) is 14.1. The Balaban J connectivity index is 1.85. The first-order valence-corrected chi connectivity index (χ1v) is 8.15. The second kappa shape index (κ2) is 6.27. The van der Waals surface area contributed by atoms with Gasteiger partial charge in [0.2, 0.25) is 0 Å². The zero-order chi connectivity index (χ0) is 20.0. The average molecular weight is 381 g/mol. The summed E-state index contributed by atoms with van der Waals surface area (Å²) < 4.78 is 5.76. The molecule has 0 aliphatic heterocycles. The predicted octanol–water partition coefficient (Wildman–Crippen LogP) is 4.24. The second-order valence-electron chi connectivity index (χ2n) is 6.26. The molecule has 1 unspecified atom stereocenters. The fourth-order valence-corrected chi connectivity index (χ4v) is 3.53. The van der Waals surface area contributed by atoms with Crippen LogP contribution in [0.3, 0.4) is 0 Å². The van der Waals surface area contributed by atoms with E-state index in [1.807, 2.05) is 30.3 Å². The van der Waals surface area contributed by atoms with Crippen LogP contribution in [0.25, 0.3) is 10.8 Å². The molecular weight excluding hydrogens is 370 g/mol. The lowest BCUT2D eigenvalue weighted by molar-refractivity contribution is -0.404. The summed E-state index contributed by atoms with van der Waals surface area (Å²) in [7, 11) is 0. The maximum Gasteiger partial charge on any atom is 0.325 e. The summed E-state index contributed by atoms with van der Waals surface area (Å²) in [5.41, 5.74) is -0.656. The van der Waals surface area contributed by atoms with Crippen molar-refractivity contribution in [2.45, 2.75) is 12.5 Å². The lowest BCUT2D eigenvalue weighted by Gasteiger charge is -2.15. The second-order valence-corrected chi connectivity index (χ2v) is 6.26. The van der Waals surface area contributed by atoms with E-state index < -0.39 is 43.7 Å². The SMILES string of the molecule is O=[N+]([O-])c1cc([N+](=O)[O-])c(OC2Cc3cccc4cccc2c34)c([N+](=O)[O-])c1. The van der Waals surface area contributed by atoms with Gasteiger partial charge in [0.15, 0.2) is 0 Å². The quantitative estimate of drug-likeness (QED) is 0.475. The normalized spacial score (nSPS) is 14.8. The van der Waals surface area contributed by atoms with E-state index in [9.17, 15) is 30.3 Å². The summed E-state index contributed by atoms with van der Waals surface area (Å²) in [6, 6.07) is 12.6. The molecule has 0 heterocycles. The summed E-state index contributed by atoms with van der Waals surface area (Å²) in [5.74, 6) is -0.588. The van der Waals surface area contributed by atoms with Crippen LogP contribution in [0.15, 0.2) is 48.5 Å². The molecule has 1 aliphatic rings. The maximum absolute atomic E-state index is 11.4. The van der Waals surface area contributed by atoms with Crippen molar-refractivity contribution in [1.29, 1.82) is 0 Å². The Labute approximate surface area is 156 Å². The fraction of sp³-hybridized carbons (Fsp3) is 0.111. The Hall–Kier alpha value is -4.08. The minimum absolute atomic E-state index is 0.377. The summed E-state index contributed by atoms with van der Waals surface area (Å²) >= 11 is 0. The van der Waals surface area contributed by atoms with Gasteiger partial charge in [0, 0.05) is 12.0 Å². The van der Waals surface area contributed by atoms with E-state index in [0.29, 0.717) is 18.6 Å². The first-order chi connectivity index (χ1) is 13.4. The number of benzene rings is 3. The molecule has 0 amide bonds. The molecule has 0 aromatic heterocycles. The molecule has 0 bridgehead atoms. The van der Waals surface area contributed by atoms with Crippen LogP contribution in [0.5, 0.6) is 5.75 Å². The van der Waals surface area contributed by atoms with Crippen molar-refractivity contribution in [2.75, 3.05) is 0 Å². The molecule has 0 saturated heterocycles. The van der Waals surface area contributed by atoms with E-state index in [-0.39, 0.29) is 0 Å². The number of ether oxygens (including phenoxy) is 1. The van der Waals surface area contributed by atoms with Gasteiger partial charge in [-0.25, -0.2) is 0 Å². The van der Waals surface area contributed by atoms with Gasteiger partial charge in [-0.3, -0.25) is 30.3 Å². The van der Waals surface area contributed by atoms with E-state index in [2.05, 4.69) is 0 Å². The number of hydrogen-bond donors (Lipinski definition) is 0. The molecule has 0 fully saturated rings. The van der Waals surface area contributed by atoms with E-state index in [1.165, 1.54) is 0 Å². The van der Waals surface area contributed by atoms with E-state index in [4.69, 9.17) is 4.74 Å². The molecule has 1 aliphatic carbocycles. The van der Waals surface area contributed by atoms with Crippen molar-refractivity contribution in [3.05, 3.63) is 90.0 Å². The predicted molar refractivity (Wildman–Crippen MR) is 97.4 cm³/mol. The Morgan fingerprint density at radius 3 is 2.04 bits per heavy atom. The van der Waals surface area contributed by atoms with Crippen LogP contribution in [0.2, 0.25) is 0 Å². The highest BCUT2D eigenvalue weighted by Gasteiger charge is 2.36. The number of nitro benzene ring substituents is 3. The highest BCUT2D eigenvalue weighted by Crippen LogP contribution is 2.46. The molecule has 0 saturated carbocycles. The zero-order valence-electron chi connectivity index (χ0n) is 14.1. The Morgan fingerprint density at radius 1 is 0.857 bits per heavy atom. The maximum atomic E-state index is 11.4. The minimum Gasteiger partial charge on any atom is -0.473 e. The summed E-state index contributed by atoms with van der Waals surface area (Å²) in [6.07, 6.45) is -0.304. The van der Waals surface area contributed by atoms with Crippen LogP contribution < -0.4 is 4.74 Å². The first-order valence-electron chi connectivity index (χ1n) is 8.15. The topological polar surface area (TPSA) is 139 Å². The van der Waals surface area contributed by atoms with E-state index in [1.54, 1.807) is 6.07 Å². The molecule has 10 heteroatoms. The first kappa shape index (κ1) is 17.3. The van der Waals surface area contributed by atoms with Gasteiger partial charge in [0.05, 0.1) is 26.9 Å². The third-order valence-corrected chi connectivity index (χ3v) is 4.67. The lowest BCUT2D eigenvalue weighted by Crippen LogP contribution is -2.09. The largest absolute Gasteiger partial charge is 0.473 e. The van der Waals surface area contributed by atoms with Crippen molar-refractivity contribution in [3.63, 3.8) is 0 Å². The molecule has 140 valence electrons. The van der Waals surface area contributed by atoms with Crippen molar-refractivity contribution in [3.8, 4) is 5.75 Å². The van der Waals surface area contributed by atoms with E-state index >= 15 is 0 Å². The molecule has 4 rings (SSSR count). The molecule has 0 spiro atoms. The van der Waals surface area contributed by atoms with Crippen LogP contribution in [0.1, 0.15) is 17.2 Å². The van der Waals surface area contributed by atoms with Gasteiger partial charge < -0.3 is 4.74 Å². The molecule has 10 nitrogen and oxygen atoms in total. The highest BCUT2D eigenvalue weighted by atomic mass is 16.6. The Bertz CT molecular complexity index is 1130. The average Bonchev–Trinajstić information content (AvgIpc) is 3.01. The van der Waals surface area contributed by atoms with Crippen molar-refractivity contribution >= 4 is 27.8 Å². The monoisotopic (exact) mass is 381 g/mol. The smallest absolute Gasteiger partial charge is 0.325 e. The minimum atomic E-state index is -0.921. The van der Waals surface area contributed by atoms with Crippen LogP contribution in [0.4, 0.5) is 17.1 Å². The summed E-state index contributed by atoms with van der Waals surface area (Å²) in [5, 5.41) is 35.8. The number of rotatable bonds is 5.